The van der Waals surface area contributed by atoms with Crippen LogP contribution in [0.1, 0.15) is 29.8 Å². The predicted molar refractivity (Wildman–Crippen MR) is 61.1 cm³/mol. The summed E-state index contributed by atoms with van der Waals surface area (Å²) < 4.78 is 5.21. The number of carbonyl (C=O) groups excluding carboxylic acids is 1. The fourth-order valence-electron chi connectivity index (χ4n) is 1.56. The SMILES string of the molecule is COC(C(=O)c1ccc(C)cc1)C(C)C. The Morgan fingerprint density at radius 2 is 1.73 bits per heavy atom. The lowest BCUT2D eigenvalue weighted by atomic mass is 9.97. The summed E-state index contributed by atoms with van der Waals surface area (Å²) in [6.45, 7) is 5.98. The highest BCUT2D eigenvalue weighted by Gasteiger charge is 2.22. The van der Waals surface area contributed by atoms with Crippen LogP contribution in [0, 0.1) is 12.8 Å². The van der Waals surface area contributed by atoms with Crippen molar-refractivity contribution in [3.05, 3.63) is 35.4 Å². The van der Waals surface area contributed by atoms with Gasteiger partial charge in [-0.2, -0.15) is 0 Å². The summed E-state index contributed by atoms with van der Waals surface area (Å²) in [5, 5.41) is 0. The van der Waals surface area contributed by atoms with Crippen LogP contribution in [0.5, 0.6) is 0 Å². The second-order valence-electron chi connectivity index (χ2n) is 4.13. The monoisotopic (exact) mass is 206 g/mol. The molecule has 1 aromatic rings. The number of ether oxygens (including phenoxy) is 1. The van der Waals surface area contributed by atoms with E-state index in [0.717, 1.165) is 11.1 Å². The van der Waals surface area contributed by atoms with Gasteiger partial charge >= 0.3 is 0 Å². The van der Waals surface area contributed by atoms with Crippen molar-refractivity contribution in [2.24, 2.45) is 5.92 Å². The summed E-state index contributed by atoms with van der Waals surface area (Å²) in [7, 11) is 1.58. The molecule has 0 saturated heterocycles. The molecule has 2 nitrogen and oxygen atoms in total. The number of Topliss-reactive ketones (excluding diaryl/α,β-unsaturated/α-hetero) is 1. The molecule has 0 aliphatic rings. The average Bonchev–Trinajstić information content (AvgIpc) is 2.19. The number of benzene rings is 1. The third-order valence-corrected chi connectivity index (χ3v) is 2.45. The maximum atomic E-state index is 12.0. The molecule has 0 N–H and O–H groups in total. The lowest BCUT2D eigenvalue weighted by Gasteiger charge is -2.17. The van der Waals surface area contributed by atoms with Crippen LogP contribution in [0.4, 0.5) is 0 Å². The zero-order valence-electron chi connectivity index (χ0n) is 9.78. The summed E-state index contributed by atoms with van der Waals surface area (Å²) in [6.07, 6.45) is -0.340. The highest BCUT2D eigenvalue weighted by atomic mass is 16.5. The minimum Gasteiger partial charge on any atom is -0.373 e. The molecule has 1 rings (SSSR count). The van der Waals surface area contributed by atoms with E-state index >= 15 is 0 Å². The number of ketones is 1. The van der Waals surface area contributed by atoms with Crippen LogP contribution in [0.25, 0.3) is 0 Å². The lowest BCUT2D eigenvalue weighted by molar-refractivity contribution is 0.0459. The highest BCUT2D eigenvalue weighted by Crippen LogP contribution is 2.13. The molecule has 0 bridgehead atoms. The van der Waals surface area contributed by atoms with Gasteiger partial charge in [0.2, 0.25) is 0 Å². The van der Waals surface area contributed by atoms with Gasteiger partial charge in [0.15, 0.2) is 5.78 Å². The Bertz CT molecular complexity index is 325. The summed E-state index contributed by atoms with van der Waals surface area (Å²) in [6, 6.07) is 7.60. The quantitative estimate of drug-likeness (QED) is 0.708. The van der Waals surface area contributed by atoms with E-state index in [2.05, 4.69) is 0 Å². The number of methoxy groups -OCH3 is 1. The van der Waals surface area contributed by atoms with E-state index in [1.807, 2.05) is 45.0 Å². The van der Waals surface area contributed by atoms with Crippen LogP contribution in [-0.2, 0) is 4.74 Å². The third-order valence-electron chi connectivity index (χ3n) is 2.45. The van der Waals surface area contributed by atoms with Crippen molar-refractivity contribution in [1.82, 2.24) is 0 Å². The first kappa shape index (κ1) is 11.9. The van der Waals surface area contributed by atoms with Gasteiger partial charge in [-0.25, -0.2) is 0 Å². The van der Waals surface area contributed by atoms with Crippen LogP contribution in [0.3, 0.4) is 0 Å². The molecule has 0 spiro atoms. The normalized spacial score (nSPS) is 12.9. The van der Waals surface area contributed by atoms with E-state index in [4.69, 9.17) is 4.74 Å². The van der Waals surface area contributed by atoms with Gasteiger partial charge in [-0.15, -0.1) is 0 Å². The maximum Gasteiger partial charge on any atom is 0.191 e. The van der Waals surface area contributed by atoms with Crippen molar-refractivity contribution in [3.63, 3.8) is 0 Å². The van der Waals surface area contributed by atoms with Crippen molar-refractivity contribution in [2.45, 2.75) is 26.9 Å². The Hall–Kier alpha value is -1.15. The van der Waals surface area contributed by atoms with Gasteiger partial charge in [-0.1, -0.05) is 43.7 Å². The molecule has 0 radical (unpaired) electrons. The zero-order chi connectivity index (χ0) is 11.4. The molecule has 1 aromatic carbocycles. The topological polar surface area (TPSA) is 26.3 Å². The van der Waals surface area contributed by atoms with Crippen LogP contribution >= 0.6 is 0 Å². The Balaban J connectivity index is 2.88. The molecule has 0 amide bonds. The Morgan fingerprint density at radius 1 is 1.20 bits per heavy atom. The summed E-state index contributed by atoms with van der Waals surface area (Å²) in [5.74, 6) is 0.260. The molecule has 2 heteroatoms. The zero-order valence-corrected chi connectivity index (χ0v) is 9.78. The lowest BCUT2D eigenvalue weighted by Crippen LogP contribution is -2.28. The van der Waals surface area contributed by atoms with E-state index in [1.54, 1.807) is 7.11 Å². The molecule has 0 heterocycles. The van der Waals surface area contributed by atoms with Crippen molar-refractivity contribution >= 4 is 5.78 Å². The highest BCUT2D eigenvalue weighted by molar-refractivity contribution is 5.99. The minimum atomic E-state index is -0.340. The first-order chi connectivity index (χ1) is 7.06. The van der Waals surface area contributed by atoms with Crippen molar-refractivity contribution in [3.8, 4) is 0 Å². The summed E-state index contributed by atoms with van der Waals surface area (Å²) >= 11 is 0. The molecule has 0 aromatic heterocycles. The van der Waals surface area contributed by atoms with Gasteiger partial charge in [-0.05, 0) is 12.8 Å². The van der Waals surface area contributed by atoms with E-state index in [-0.39, 0.29) is 17.8 Å². The fraction of sp³-hybridized carbons (Fsp3) is 0.462. The van der Waals surface area contributed by atoms with Crippen LogP contribution in [0.15, 0.2) is 24.3 Å². The van der Waals surface area contributed by atoms with Crippen LogP contribution in [0.2, 0.25) is 0 Å². The fourth-order valence-corrected chi connectivity index (χ4v) is 1.56. The van der Waals surface area contributed by atoms with Gasteiger partial charge in [0.1, 0.15) is 6.10 Å². The van der Waals surface area contributed by atoms with Gasteiger partial charge in [-0.3, -0.25) is 4.79 Å². The van der Waals surface area contributed by atoms with Gasteiger partial charge in [0, 0.05) is 12.7 Å². The number of rotatable bonds is 4. The van der Waals surface area contributed by atoms with E-state index in [1.165, 1.54) is 0 Å². The molecular weight excluding hydrogens is 188 g/mol. The number of hydrogen-bond donors (Lipinski definition) is 0. The van der Waals surface area contributed by atoms with E-state index < -0.39 is 0 Å². The first-order valence-corrected chi connectivity index (χ1v) is 5.20. The summed E-state index contributed by atoms with van der Waals surface area (Å²) in [4.78, 5) is 12.0. The molecule has 0 saturated carbocycles. The molecule has 15 heavy (non-hydrogen) atoms. The molecular formula is C13H18O2. The van der Waals surface area contributed by atoms with Crippen molar-refractivity contribution in [2.75, 3.05) is 7.11 Å². The van der Waals surface area contributed by atoms with Gasteiger partial charge < -0.3 is 4.74 Å². The van der Waals surface area contributed by atoms with Crippen LogP contribution in [-0.4, -0.2) is 19.0 Å². The number of aryl methyl sites for hydroxylation is 1. The Kier molecular flexibility index (Phi) is 4.04. The molecule has 0 aliphatic heterocycles. The average molecular weight is 206 g/mol. The Labute approximate surface area is 91.3 Å². The minimum absolute atomic E-state index is 0.0625. The van der Waals surface area contributed by atoms with E-state index in [0.29, 0.717) is 0 Å². The predicted octanol–water partition coefficient (Wildman–Crippen LogP) is 2.85. The van der Waals surface area contributed by atoms with E-state index in [9.17, 15) is 4.79 Å². The summed E-state index contributed by atoms with van der Waals surface area (Å²) in [5.41, 5.74) is 1.88. The largest absolute Gasteiger partial charge is 0.373 e. The standard InChI is InChI=1S/C13H18O2/c1-9(2)13(15-4)12(14)11-7-5-10(3)6-8-11/h5-9,13H,1-4H3. The van der Waals surface area contributed by atoms with Crippen LogP contribution < -0.4 is 0 Å². The second-order valence-corrected chi connectivity index (χ2v) is 4.13. The number of carbonyl (C=O) groups is 1. The van der Waals surface area contributed by atoms with Crippen molar-refractivity contribution in [1.29, 1.82) is 0 Å². The third kappa shape index (κ3) is 2.90. The van der Waals surface area contributed by atoms with Gasteiger partial charge in [0.05, 0.1) is 0 Å². The maximum absolute atomic E-state index is 12.0. The number of hydrogen-bond acceptors (Lipinski definition) is 2. The molecule has 0 aliphatic carbocycles. The van der Waals surface area contributed by atoms with Gasteiger partial charge in [0.25, 0.3) is 0 Å². The first-order valence-electron chi connectivity index (χ1n) is 5.20. The second kappa shape index (κ2) is 5.08. The molecule has 1 atom stereocenters. The molecule has 0 fully saturated rings. The molecule has 1 unspecified atom stereocenters. The smallest absolute Gasteiger partial charge is 0.191 e. The molecule has 82 valence electrons. The van der Waals surface area contributed by atoms with Crippen molar-refractivity contribution < 1.29 is 9.53 Å². The Morgan fingerprint density at radius 3 is 2.13 bits per heavy atom.